The topological polar surface area (TPSA) is 48.4 Å². The van der Waals surface area contributed by atoms with Gasteiger partial charge in [-0.05, 0) is 36.6 Å². The molecule has 0 saturated heterocycles. The Bertz CT molecular complexity index is 805. The summed E-state index contributed by atoms with van der Waals surface area (Å²) in [4.78, 5) is 16.6. The Hall–Kier alpha value is -2.41. The molecule has 0 amide bonds. The minimum atomic E-state index is -4.69. The van der Waals surface area contributed by atoms with E-state index in [1.165, 1.54) is 56.2 Å². The number of benzene rings is 1. The van der Waals surface area contributed by atoms with Gasteiger partial charge in [-0.1, -0.05) is 63.6 Å². The van der Waals surface area contributed by atoms with Crippen LogP contribution < -0.4 is 0 Å². The molecule has 0 spiro atoms. The van der Waals surface area contributed by atoms with Crippen LogP contribution in [0.5, 0.6) is 0 Å². The smallest absolute Gasteiger partial charge is 0.427 e. The van der Waals surface area contributed by atoms with E-state index in [2.05, 4.69) is 21.4 Å². The van der Waals surface area contributed by atoms with Crippen LogP contribution in [0.15, 0.2) is 42.6 Å². The highest BCUT2D eigenvalue weighted by molar-refractivity contribution is 5.90. The number of unbranched alkanes of at least 4 members (excludes halogenated alkanes) is 6. The zero-order valence-corrected chi connectivity index (χ0v) is 18.8. The van der Waals surface area contributed by atoms with Gasteiger partial charge in [0.2, 0.25) is 6.10 Å². The molecule has 4 nitrogen and oxygen atoms in total. The summed E-state index contributed by atoms with van der Waals surface area (Å²) in [6.07, 6.45) is 4.70. The second kappa shape index (κ2) is 13.2. The molecular formula is C25H32F3NO3. The maximum atomic E-state index is 12.9. The lowest BCUT2D eigenvalue weighted by atomic mass is 10.0. The van der Waals surface area contributed by atoms with Gasteiger partial charge in [-0.15, -0.1) is 0 Å². The first-order chi connectivity index (χ1) is 15.3. The molecule has 32 heavy (non-hydrogen) atoms. The predicted octanol–water partition coefficient (Wildman–Crippen LogP) is 6.78. The molecule has 1 heterocycles. The van der Waals surface area contributed by atoms with Crippen molar-refractivity contribution in [2.45, 2.75) is 70.6 Å². The minimum absolute atomic E-state index is 0.0367. The van der Waals surface area contributed by atoms with Gasteiger partial charge in [-0.3, -0.25) is 4.98 Å². The van der Waals surface area contributed by atoms with E-state index >= 15 is 0 Å². The van der Waals surface area contributed by atoms with Crippen molar-refractivity contribution >= 4 is 5.97 Å². The highest BCUT2D eigenvalue weighted by Crippen LogP contribution is 2.25. The molecule has 1 aromatic carbocycles. The van der Waals surface area contributed by atoms with E-state index in [-0.39, 0.29) is 5.56 Å². The first-order valence-electron chi connectivity index (χ1n) is 11.2. The Balaban J connectivity index is 1.87. The van der Waals surface area contributed by atoms with E-state index < -0.39 is 24.9 Å². The number of carbonyl (C=O) groups is 1. The lowest BCUT2D eigenvalue weighted by Crippen LogP contribution is -2.37. The van der Waals surface area contributed by atoms with E-state index in [4.69, 9.17) is 0 Å². The Labute approximate surface area is 188 Å². The van der Waals surface area contributed by atoms with Gasteiger partial charge < -0.3 is 9.47 Å². The van der Waals surface area contributed by atoms with E-state index in [1.54, 1.807) is 12.1 Å². The molecule has 0 aliphatic carbocycles. The van der Waals surface area contributed by atoms with Crippen molar-refractivity contribution in [3.8, 4) is 11.3 Å². The second-order valence-corrected chi connectivity index (χ2v) is 7.89. The van der Waals surface area contributed by atoms with Gasteiger partial charge in [0, 0.05) is 18.9 Å². The number of hydrogen-bond donors (Lipinski definition) is 0. The highest BCUT2D eigenvalue weighted by atomic mass is 19.4. The van der Waals surface area contributed by atoms with Gasteiger partial charge in [-0.2, -0.15) is 13.2 Å². The van der Waals surface area contributed by atoms with E-state index in [0.717, 1.165) is 31.2 Å². The fourth-order valence-corrected chi connectivity index (χ4v) is 3.35. The molecule has 0 N–H and O–H groups in total. The molecule has 0 bridgehead atoms. The third-order valence-corrected chi connectivity index (χ3v) is 5.24. The van der Waals surface area contributed by atoms with Crippen LogP contribution >= 0.6 is 0 Å². The fourth-order valence-electron chi connectivity index (χ4n) is 3.35. The third-order valence-electron chi connectivity index (χ3n) is 5.24. The largest absolute Gasteiger partial charge is 0.447 e. The van der Waals surface area contributed by atoms with Crippen molar-refractivity contribution in [2.75, 3.05) is 13.7 Å². The normalized spacial score (nSPS) is 12.5. The Morgan fingerprint density at radius 2 is 1.62 bits per heavy atom. The number of methoxy groups -OCH3 is 1. The van der Waals surface area contributed by atoms with Crippen molar-refractivity contribution < 1.29 is 27.4 Å². The van der Waals surface area contributed by atoms with Gasteiger partial charge in [-0.25, -0.2) is 4.79 Å². The molecule has 0 aliphatic rings. The van der Waals surface area contributed by atoms with E-state index in [0.29, 0.717) is 0 Å². The number of alkyl halides is 3. The molecule has 176 valence electrons. The number of nitrogens with zero attached hydrogens (tertiary/aromatic N) is 1. The quantitative estimate of drug-likeness (QED) is 0.249. The van der Waals surface area contributed by atoms with Crippen molar-refractivity contribution in [1.82, 2.24) is 4.98 Å². The summed E-state index contributed by atoms with van der Waals surface area (Å²) in [7, 11) is 1.12. The average Bonchev–Trinajstić information content (AvgIpc) is 2.78. The summed E-state index contributed by atoms with van der Waals surface area (Å²) < 4.78 is 47.8. The number of rotatable bonds is 13. The number of esters is 1. The number of halogens is 3. The van der Waals surface area contributed by atoms with Crippen LogP contribution in [0.3, 0.4) is 0 Å². The van der Waals surface area contributed by atoms with Gasteiger partial charge in [0.1, 0.15) is 0 Å². The number of pyridine rings is 1. The average molecular weight is 452 g/mol. The molecule has 2 rings (SSSR count). The number of hydrogen-bond acceptors (Lipinski definition) is 4. The van der Waals surface area contributed by atoms with Crippen molar-refractivity contribution in [2.24, 2.45) is 0 Å². The number of ether oxygens (including phenoxy) is 2. The number of aryl methyl sites for hydroxylation is 1. The zero-order chi connectivity index (χ0) is 23.4. The Morgan fingerprint density at radius 3 is 2.19 bits per heavy atom. The van der Waals surface area contributed by atoms with Crippen molar-refractivity contribution in [3.63, 3.8) is 0 Å². The van der Waals surface area contributed by atoms with Crippen molar-refractivity contribution in [1.29, 1.82) is 0 Å². The summed E-state index contributed by atoms with van der Waals surface area (Å²) in [5.41, 5.74) is 2.72. The molecule has 7 heteroatoms. The van der Waals surface area contributed by atoms with Gasteiger partial charge in [0.05, 0.1) is 17.9 Å². The maximum absolute atomic E-state index is 12.9. The fraction of sp³-hybridized carbons (Fsp3) is 0.520. The minimum Gasteiger partial charge on any atom is -0.447 e. The zero-order valence-electron chi connectivity index (χ0n) is 18.8. The SMILES string of the molecule is CCCCCCCCCc1ccc(-c2ccc(C(=O)OC(COC)C(F)(F)F)cc2)nc1. The van der Waals surface area contributed by atoms with Crippen LogP contribution in [0, 0.1) is 0 Å². The molecule has 0 radical (unpaired) electrons. The Morgan fingerprint density at radius 1 is 0.969 bits per heavy atom. The van der Waals surface area contributed by atoms with E-state index in [1.807, 2.05) is 18.3 Å². The van der Waals surface area contributed by atoms with Crippen LogP contribution in [0.4, 0.5) is 13.2 Å². The Kier molecular flexibility index (Phi) is 10.7. The van der Waals surface area contributed by atoms with Crippen LogP contribution in [0.2, 0.25) is 0 Å². The van der Waals surface area contributed by atoms with E-state index in [9.17, 15) is 18.0 Å². The molecule has 1 unspecified atom stereocenters. The van der Waals surface area contributed by atoms with Crippen LogP contribution in [-0.2, 0) is 15.9 Å². The molecule has 0 aliphatic heterocycles. The lowest BCUT2D eigenvalue weighted by Gasteiger charge is -2.19. The lowest BCUT2D eigenvalue weighted by molar-refractivity contribution is -0.215. The van der Waals surface area contributed by atoms with Gasteiger partial charge >= 0.3 is 12.1 Å². The first kappa shape index (κ1) is 25.8. The summed E-state index contributed by atoms with van der Waals surface area (Å²) in [6, 6.07) is 10.1. The summed E-state index contributed by atoms with van der Waals surface area (Å²) in [5.74, 6) is -1.05. The summed E-state index contributed by atoms with van der Waals surface area (Å²) in [6.45, 7) is 1.47. The van der Waals surface area contributed by atoms with Gasteiger partial charge in [0.15, 0.2) is 0 Å². The standard InChI is InChI=1S/C25H32F3NO3/c1-3-4-5-6-7-8-9-10-19-11-16-22(29-17-19)20-12-14-21(15-13-20)24(30)32-23(18-31-2)25(26,27)28/h11-17,23H,3-10,18H2,1-2H3. The first-order valence-corrected chi connectivity index (χ1v) is 11.2. The molecule has 0 saturated carbocycles. The molecule has 0 fully saturated rings. The van der Waals surface area contributed by atoms with Crippen LogP contribution in [0.25, 0.3) is 11.3 Å². The second-order valence-electron chi connectivity index (χ2n) is 7.89. The number of aromatic nitrogens is 1. The van der Waals surface area contributed by atoms with Crippen molar-refractivity contribution in [3.05, 3.63) is 53.7 Å². The van der Waals surface area contributed by atoms with Crippen LogP contribution in [-0.4, -0.2) is 37.0 Å². The maximum Gasteiger partial charge on any atom is 0.427 e. The molecular weight excluding hydrogens is 419 g/mol. The predicted molar refractivity (Wildman–Crippen MR) is 119 cm³/mol. The molecule has 2 aromatic rings. The molecule has 1 atom stereocenters. The summed E-state index contributed by atoms with van der Waals surface area (Å²) in [5, 5.41) is 0. The van der Waals surface area contributed by atoms with Crippen LogP contribution in [0.1, 0.15) is 67.8 Å². The van der Waals surface area contributed by atoms with Gasteiger partial charge in [0.25, 0.3) is 0 Å². The third kappa shape index (κ3) is 8.61. The number of carbonyl (C=O) groups excluding carboxylic acids is 1. The summed E-state index contributed by atoms with van der Waals surface area (Å²) >= 11 is 0. The molecule has 1 aromatic heterocycles. The monoisotopic (exact) mass is 451 g/mol. The highest BCUT2D eigenvalue weighted by Gasteiger charge is 2.43.